The first kappa shape index (κ1) is 15.8. The number of nitrogens with zero attached hydrogens (tertiary/aromatic N) is 3. The highest BCUT2D eigenvalue weighted by Crippen LogP contribution is 2.22. The molecule has 1 aliphatic carbocycles. The van der Waals surface area contributed by atoms with Crippen LogP contribution in [0.1, 0.15) is 35.4 Å². The van der Waals surface area contributed by atoms with Crippen LogP contribution in [0.15, 0.2) is 42.5 Å². The van der Waals surface area contributed by atoms with E-state index in [1.165, 1.54) is 0 Å². The van der Waals surface area contributed by atoms with Crippen LogP contribution in [0.3, 0.4) is 0 Å². The Labute approximate surface area is 145 Å². The second-order valence-corrected chi connectivity index (χ2v) is 6.54. The Kier molecular flexibility index (Phi) is 3.97. The molecule has 0 unspecified atom stereocenters. The predicted molar refractivity (Wildman–Crippen MR) is 94.7 cm³/mol. The van der Waals surface area contributed by atoms with Gasteiger partial charge in [-0.1, -0.05) is 18.2 Å². The first-order valence-electron chi connectivity index (χ1n) is 8.52. The van der Waals surface area contributed by atoms with Crippen LogP contribution < -0.4 is 5.32 Å². The summed E-state index contributed by atoms with van der Waals surface area (Å²) in [6, 6.07) is 13.4. The highest BCUT2D eigenvalue weighted by molar-refractivity contribution is 5.95. The maximum absolute atomic E-state index is 12.5. The normalized spacial score (nSPS) is 20.1. The summed E-state index contributed by atoms with van der Waals surface area (Å²) < 4.78 is 1.76. The Balaban J connectivity index is 1.68. The quantitative estimate of drug-likeness (QED) is 0.769. The van der Waals surface area contributed by atoms with Crippen LogP contribution in [-0.4, -0.2) is 37.9 Å². The van der Waals surface area contributed by atoms with E-state index in [4.69, 9.17) is 0 Å². The maximum Gasteiger partial charge on any atom is 0.270 e. The lowest BCUT2D eigenvalue weighted by Gasteiger charge is -2.12. The van der Waals surface area contributed by atoms with Gasteiger partial charge in [0, 0.05) is 11.4 Å². The number of aryl methyl sites for hydroxylation is 1. The summed E-state index contributed by atoms with van der Waals surface area (Å²) >= 11 is 0. The van der Waals surface area contributed by atoms with Gasteiger partial charge in [0.15, 0.2) is 5.65 Å². The van der Waals surface area contributed by atoms with Crippen molar-refractivity contribution in [3.8, 4) is 5.69 Å². The number of carbonyl (C=O) groups is 1. The third-order valence-corrected chi connectivity index (χ3v) is 4.69. The van der Waals surface area contributed by atoms with Crippen molar-refractivity contribution < 1.29 is 9.90 Å². The Morgan fingerprint density at radius 3 is 2.72 bits per heavy atom. The van der Waals surface area contributed by atoms with Crippen LogP contribution in [0.4, 0.5) is 0 Å². The molecule has 25 heavy (non-hydrogen) atoms. The monoisotopic (exact) mass is 336 g/mol. The van der Waals surface area contributed by atoms with E-state index in [2.05, 4.69) is 15.4 Å². The molecule has 0 radical (unpaired) electrons. The molecule has 0 aliphatic heterocycles. The molecule has 2 aromatic heterocycles. The van der Waals surface area contributed by atoms with Gasteiger partial charge >= 0.3 is 0 Å². The van der Waals surface area contributed by atoms with Crippen LogP contribution in [0.2, 0.25) is 0 Å². The van der Waals surface area contributed by atoms with E-state index >= 15 is 0 Å². The molecule has 3 aromatic rings. The molecule has 128 valence electrons. The second-order valence-electron chi connectivity index (χ2n) is 6.54. The highest BCUT2D eigenvalue weighted by Gasteiger charge is 2.25. The molecule has 0 spiro atoms. The first-order valence-corrected chi connectivity index (χ1v) is 8.52. The lowest BCUT2D eigenvalue weighted by Crippen LogP contribution is -2.33. The molecule has 4 rings (SSSR count). The predicted octanol–water partition coefficient (Wildman–Crippen LogP) is 2.37. The van der Waals surface area contributed by atoms with E-state index in [9.17, 15) is 9.90 Å². The molecule has 2 N–H and O–H groups in total. The Morgan fingerprint density at radius 1 is 1.20 bits per heavy atom. The minimum atomic E-state index is -0.317. The summed E-state index contributed by atoms with van der Waals surface area (Å²) in [4.78, 5) is 17.1. The number of para-hydroxylation sites is 1. The van der Waals surface area contributed by atoms with Gasteiger partial charge in [0.1, 0.15) is 5.69 Å². The number of aliphatic hydroxyl groups is 1. The number of aliphatic hydroxyl groups excluding tert-OH is 1. The van der Waals surface area contributed by atoms with Crippen LogP contribution >= 0.6 is 0 Å². The molecule has 1 saturated carbocycles. The Hall–Kier alpha value is -2.73. The molecular weight excluding hydrogens is 316 g/mol. The molecule has 1 aliphatic rings. The lowest BCUT2D eigenvalue weighted by molar-refractivity contribution is 0.0929. The van der Waals surface area contributed by atoms with Crippen molar-refractivity contribution in [3.05, 3.63) is 53.9 Å². The average Bonchev–Trinajstić information content (AvgIpc) is 3.18. The van der Waals surface area contributed by atoms with Crippen LogP contribution in [-0.2, 0) is 0 Å². The van der Waals surface area contributed by atoms with E-state index in [0.29, 0.717) is 17.8 Å². The zero-order valence-electron chi connectivity index (χ0n) is 14.0. The molecule has 6 heteroatoms. The number of nitrogens with one attached hydrogen (secondary N) is 1. The van der Waals surface area contributed by atoms with Gasteiger partial charge in [-0.2, -0.15) is 5.10 Å². The molecule has 6 nitrogen and oxygen atoms in total. The van der Waals surface area contributed by atoms with Crippen LogP contribution in [0, 0.1) is 6.92 Å². The van der Waals surface area contributed by atoms with Gasteiger partial charge in [0.25, 0.3) is 5.91 Å². The number of hydrogen-bond acceptors (Lipinski definition) is 4. The summed E-state index contributed by atoms with van der Waals surface area (Å²) in [5.41, 5.74) is 2.82. The number of benzene rings is 1. The largest absolute Gasteiger partial charge is 0.393 e. The molecule has 1 fully saturated rings. The summed E-state index contributed by atoms with van der Waals surface area (Å²) in [7, 11) is 0. The molecular formula is C19H20N4O2. The number of pyridine rings is 1. The van der Waals surface area contributed by atoms with Crippen molar-refractivity contribution in [2.45, 2.75) is 38.3 Å². The fourth-order valence-corrected chi connectivity index (χ4v) is 3.37. The van der Waals surface area contributed by atoms with Crippen LogP contribution in [0.5, 0.6) is 0 Å². The van der Waals surface area contributed by atoms with Crippen molar-refractivity contribution in [2.75, 3.05) is 0 Å². The van der Waals surface area contributed by atoms with Gasteiger partial charge in [0.05, 0.1) is 17.5 Å². The van der Waals surface area contributed by atoms with Gasteiger partial charge in [-0.15, -0.1) is 0 Å². The van der Waals surface area contributed by atoms with Gasteiger partial charge in [-0.25, -0.2) is 9.67 Å². The lowest BCUT2D eigenvalue weighted by atomic mass is 10.2. The van der Waals surface area contributed by atoms with Crippen molar-refractivity contribution in [2.24, 2.45) is 0 Å². The molecule has 0 bridgehead atoms. The van der Waals surface area contributed by atoms with E-state index in [1.54, 1.807) is 10.7 Å². The average molecular weight is 336 g/mol. The van der Waals surface area contributed by atoms with Crippen molar-refractivity contribution in [1.29, 1.82) is 0 Å². The van der Waals surface area contributed by atoms with Gasteiger partial charge in [-0.3, -0.25) is 4.79 Å². The molecule has 2 heterocycles. The fraction of sp³-hybridized carbons (Fsp3) is 0.316. The van der Waals surface area contributed by atoms with E-state index in [-0.39, 0.29) is 18.1 Å². The number of amides is 1. The van der Waals surface area contributed by atoms with Crippen molar-refractivity contribution in [1.82, 2.24) is 20.1 Å². The number of rotatable bonds is 3. The van der Waals surface area contributed by atoms with E-state index in [1.807, 2.05) is 43.3 Å². The molecule has 2 atom stereocenters. The minimum Gasteiger partial charge on any atom is -0.393 e. The number of carbonyl (C=O) groups excluding carboxylic acids is 1. The maximum atomic E-state index is 12.5. The zero-order valence-corrected chi connectivity index (χ0v) is 14.0. The number of fused-ring (bicyclic) bond motifs is 1. The van der Waals surface area contributed by atoms with Crippen molar-refractivity contribution in [3.63, 3.8) is 0 Å². The molecule has 1 aromatic carbocycles. The third-order valence-electron chi connectivity index (χ3n) is 4.69. The fourth-order valence-electron chi connectivity index (χ4n) is 3.37. The van der Waals surface area contributed by atoms with Gasteiger partial charge < -0.3 is 10.4 Å². The molecule has 0 saturated heterocycles. The second kappa shape index (κ2) is 6.29. The van der Waals surface area contributed by atoms with Crippen molar-refractivity contribution >= 4 is 16.9 Å². The summed E-state index contributed by atoms with van der Waals surface area (Å²) in [5, 5.41) is 18.1. The Bertz CT molecular complexity index is 920. The summed E-state index contributed by atoms with van der Waals surface area (Å²) in [6.45, 7) is 1.93. The Morgan fingerprint density at radius 2 is 2.00 bits per heavy atom. The highest BCUT2D eigenvalue weighted by atomic mass is 16.3. The van der Waals surface area contributed by atoms with Gasteiger partial charge in [-0.05, 0) is 50.5 Å². The van der Waals surface area contributed by atoms with E-state index in [0.717, 1.165) is 29.6 Å². The topological polar surface area (TPSA) is 80.0 Å². The SMILES string of the molecule is Cc1nn(-c2ccccc2)c2nc(C(=O)N[C@@H]3CC[C@H](O)C3)ccc12. The zero-order chi connectivity index (χ0) is 17.4. The van der Waals surface area contributed by atoms with Gasteiger partial charge in [0.2, 0.25) is 0 Å². The van der Waals surface area contributed by atoms with E-state index < -0.39 is 0 Å². The minimum absolute atomic E-state index is 0.0146. The smallest absolute Gasteiger partial charge is 0.270 e. The summed E-state index contributed by atoms with van der Waals surface area (Å²) in [5.74, 6) is -0.209. The first-order chi connectivity index (χ1) is 12.1. The van der Waals surface area contributed by atoms with Crippen LogP contribution in [0.25, 0.3) is 16.7 Å². The molecule has 1 amide bonds. The third kappa shape index (κ3) is 3.00. The number of hydrogen-bond donors (Lipinski definition) is 2. The standard InChI is InChI=1S/C19H20N4O2/c1-12-16-9-10-17(19(25)20-13-7-8-15(24)11-13)21-18(16)23(22-12)14-5-3-2-4-6-14/h2-6,9-10,13,15,24H,7-8,11H2,1H3,(H,20,25)/t13-,15+/m1/s1. The summed E-state index contributed by atoms with van der Waals surface area (Å²) in [6.07, 6.45) is 1.82. The number of aromatic nitrogens is 3.